The summed E-state index contributed by atoms with van der Waals surface area (Å²) in [6.45, 7) is 1.44. The summed E-state index contributed by atoms with van der Waals surface area (Å²) >= 11 is 7.59. The fourth-order valence-corrected chi connectivity index (χ4v) is 3.96. The maximum atomic E-state index is 12.5. The van der Waals surface area contributed by atoms with Crippen molar-refractivity contribution in [3.05, 3.63) is 82.8 Å². The smallest absolute Gasteiger partial charge is 0.244 e. The first-order valence-corrected chi connectivity index (χ1v) is 9.28. The second-order valence-corrected chi connectivity index (χ2v) is 7.23. The number of anilines is 1. The third kappa shape index (κ3) is 3.61. The summed E-state index contributed by atoms with van der Waals surface area (Å²) < 4.78 is 2.01. The van der Waals surface area contributed by atoms with E-state index in [4.69, 9.17) is 11.6 Å². The predicted octanol–water partition coefficient (Wildman–Crippen LogP) is 3.06. The van der Waals surface area contributed by atoms with Gasteiger partial charge >= 0.3 is 0 Å². The quantitative estimate of drug-likeness (QED) is 0.684. The van der Waals surface area contributed by atoms with E-state index in [1.165, 1.54) is 0 Å². The highest BCUT2D eigenvalue weighted by Crippen LogP contribution is 2.36. The van der Waals surface area contributed by atoms with Crippen molar-refractivity contribution in [3.8, 4) is 0 Å². The van der Waals surface area contributed by atoms with Gasteiger partial charge in [0.25, 0.3) is 0 Å². The van der Waals surface area contributed by atoms with Crippen LogP contribution in [0.5, 0.6) is 0 Å². The van der Waals surface area contributed by atoms with Gasteiger partial charge in [0.1, 0.15) is 11.2 Å². The molecule has 26 heavy (non-hydrogen) atoms. The fourth-order valence-electron chi connectivity index (χ4n) is 2.74. The topological polar surface area (TPSA) is 61.5 Å². The van der Waals surface area contributed by atoms with Crippen LogP contribution in [0.4, 0.5) is 11.5 Å². The molecular weight excluding hydrogens is 370 g/mol. The number of thioether (sulfide) groups is 1. The van der Waals surface area contributed by atoms with Gasteiger partial charge in [0, 0.05) is 42.4 Å². The summed E-state index contributed by atoms with van der Waals surface area (Å²) in [4.78, 5) is 11.3. The molecule has 2 aromatic heterocycles. The second-order valence-electron chi connectivity index (χ2n) is 5.73. The van der Waals surface area contributed by atoms with Gasteiger partial charge in [0.2, 0.25) is 5.82 Å². The van der Waals surface area contributed by atoms with Crippen LogP contribution < -0.4 is 9.96 Å². The zero-order valence-corrected chi connectivity index (χ0v) is 15.3. The van der Waals surface area contributed by atoms with Crippen LogP contribution in [0.2, 0.25) is 5.02 Å². The normalized spacial score (nSPS) is 16.1. The van der Waals surface area contributed by atoms with Crippen LogP contribution in [-0.2, 0) is 6.54 Å². The molecule has 0 fully saturated rings. The number of imidazole rings is 1. The van der Waals surface area contributed by atoms with Crippen molar-refractivity contribution in [3.63, 3.8) is 0 Å². The molecule has 1 unspecified atom stereocenters. The highest BCUT2D eigenvalue weighted by Gasteiger charge is 2.24. The average molecular weight is 386 g/mol. The van der Waals surface area contributed by atoms with Crippen molar-refractivity contribution in [2.24, 2.45) is 0 Å². The summed E-state index contributed by atoms with van der Waals surface area (Å²) in [5.74, 6) is 0.506. The molecular formula is C18H16ClN5OS. The van der Waals surface area contributed by atoms with Gasteiger partial charge < -0.3 is 14.7 Å². The number of hydrogen-bond donors (Lipinski definition) is 1. The van der Waals surface area contributed by atoms with Gasteiger partial charge in [-0.25, -0.2) is 9.97 Å². The molecule has 132 valence electrons. The summed E-state index contributed by atoms with van der Waals surface area (Å²) in [5.41, 5.74) is 0.980. The van der Waals surface area contributed by atoms with Gasteiger partial charge in [0.05, 0.1) is 11.2 Å². The molecule has 0 aliphatic carbocycles. The summed E-state index contributed by atoms with van der Waals surface area (Å²) in [7, 11) is 0. The number of fused-ring (bicyclic) bond motifs is 1. The first kappa shape index (κ1) is 17.1. The number of hydrogen-bond acceptors (Lipinski definition) is 5. The molecule has 1 N–H and O–H groups in total. The molecule has 1 aliphatic heterocycles. The number of aromatic nitrogens is 3. The zero-order chi connectivity index (χ0) is 17.9. The number of nitrogens with zero attached hydrogens (tertiary/aromatic N) is 4. The minimum Gasteiger partial charge on any atom is -0.623 e. The lowest BCUT2D eigenvalue weighted by atomic mass is 10.3. The fraction of sp³-hybridized carbons (Fsp3) is 0.111. The SMILES string of the molecule is [O-][NH+]1C=C(N(CCn2ccnc2)c2ccc(Cl)cc2)Sc2cccnc21. The number of pyridine rings is 1. The van der Waals surface area contributed by atoms with Crippen molar-refractivity contribution in [1.82, 2.24) is 14.5 Å². The van der Waals surface area contributed by atoms with E-state index in [-0.39, 0.29) is 5.06 Å². The lowest BCUT2D eigenvalue weighted by molar-refractivity contribution is -0.720. The van der Waals surface area contributed by atoms with Crippen LogP contribution in [0.15, 0.2) is 77.4 Å². The number of nitrogens with one attached hydrogen (secondary N) is 1. The molecule has 1 aliphatic rings. The number of rotatable bonds is 5. The van der Waals surface area contributed by atoms with Crippen LogP contribution in [0.25, 0.3) is 0 Å². The van der Waals surface area contributed by atoms with Crippen molar-refractivity contribution >= 4 is 34.9 Å². The van der Waals surface area contributed by atoms with E-state index in [1.54, 1.807) is 36.7 Å². The minimum atomic E-state index is -0.0732. The molecule has 0 bridgehead atoms. The van der Waals surface area contributed by atoms with Gasteiger partial charge in [-0.1, -0.05) is 23.4 Å². The van der Waals surface area contributed by atoms with E-state index in [2.05, 4.69) is 14.9 Å². The van der Waals surface area contributed by atoms with E-state index < -0.39 is 0 Å². The maximum absolute atomic E-state index is 12.5. The Hall–Kier alpha value is -2.32. The van der Waals surface area contributed by atoms with E-state index in [0.717, 1.165) is 22.2 Å². The van der Waals surface area contributed by atoms with Crippen LogP contribution >= 0.6 is 23.4 Å². The van der Waals surface area contributed by atoms with Gasteiger partial charge in [-0.05, 0) is 36.4 Å². The molecule has 0 radical (unpaired) electrons. The van der Waals surface area contributed by atoms with E-state index in [9.17, 15) is 5.21 Å². The average Bonchev–Trinajstić information content (AvgIpc) is 3.17. The third-order valence-corrected chi connectivity index (χ3v) is 5.37. The Morgan fingerprint density at radius 3 is 2.81 bits per heavy atom. The van der Waals surface area contributed by atoms with Crippen LogP contribution in [-0.4, -0.2) is 21.1 Å². The second kappa shape index (κ2) is 7.51. The number of quaternary nitrogens is 1. The van der Waals surface area contributed by atoms with Crippen molar-refractivity contribution < 1.29 is 5.06 Å². The Bertz CT molecular complexity index is 914. The van der Waals surface area contributed by atoms with E-state index in [0.29, 0.717) is 17.4 Å². The molecule has 8 heteroatoms. The van der Waals surface area contributed by atoms with Crippen LogP contribution in [0, 0.1) is 5.21 Å². The van der Waals surface area contributed by atoms with Crippen molar-refractivity contribution in [2.75, 3.05) is 11.4 Å². The van der Waals surface area contributed by atoms with Gasteiger partial charge in [-0.15, -0.1) is 0 Å². The number of hydroxylamine groups is 1. The standard InChI is InChI=1S/C18H16ClN5OS/c19-14-3-5-15(6-4-14)23(11-10-22-9-8-20-13-22)17-12-24(25)18-16(26-17)2-1-7-21-18/h1-9,12-13,24H,10-11H2. The molecule has 6 nitrogen and oxygen atoms in total. The molecule has 0 amide bonds. The molecule has 0 saturated heterocycles. The molecule has 1 aromatic carbocycles. The van der Waals surface area contributed by atoms with E-state index >= 15 is 0 Å². The highest BCUT2D eigenvalue weighted by molar-refractivity contribution is 8.03. The summed E-state index contributed by atoms with van der Waals surface area (Å²) in [6.07, 6.45) is 8.76. The van der Waals surface area contributed by atoms with Gasteiger partial charge in [-0.3, -0.25) is 5.06 Å². The van der Waals surface area contributed by atoms with Crippen LogP contribution in [0.3, 0.4) is 0 Å². The van der Waals surface area contributed by atoms with Crippen molar-refractivity contribution in [1.29, 1.82) is 0 Å². The lowest BCUT2D eigenvalue weighted by Gasteiger charge is -2.31. The number of halogens is 1. The molecule has 3 aromatic rings. The predicted molar refractivity (Wildman–Crippen MR) is 103 cm³/mol. The molecule has 3 heterocycles. The Morgan fingerprint density at radius 1 is 1.19 bits per heavy atom. The zero-order valence-electron chi connectivity index (χ0n) is 13.7. The van der Waals surface area contributed by atoms with Crippen LogP contribution in [0.1, 0.15) is 0 Å². The van der Waals surface area contributed by atoms with Crippen molar-refractivity contribution in [2.45, 2.75) is 11.4 Å². The molecule has 4 rings (SSSR count). The molecule has 0 saturated carbocycles. The lowest BCUT2D eigenvalue weighted by Crippen LogP contribution is -2.98. The third-order valence-electron chi connectivity index (χ3n) is 4.02. The molecule has 0 spiro atoms. The molecule has 1 atom stereocenters. The Balaban J connectivity index is 1.65. The Morgan fingerprint density at radius 2 is 2.04 bits per heavy atom. The van der Waals surface area contributed by atoms with E-state index in [1.807, 2.05) is 47.2 Å². The highest BCUT2D eigenvalue weighted by atomic mass is 35.5. The largest absolute Gasteiger partial charge is 0.623 e. The first-order valence-electron chi connectivity index (χ1n) is 8.08. The monoisotopic (exact) mass is 385 g/mol. The Labute approximate surface area is 160 Å². The first-order chi connectivity index (χ1) is 12.7. The minimum absolute atomic E-state index is 0.0732. The number of benzene rings is 1. The van der Waals surface area contributed by atoms with Gasteiger partial charge in [-0.2, -0.15) is 0 Å². The maximum Gasteiger partial charge on any atom is 0.244 e. The van der Waals surface area contributed by atoms with Gasteiger partial charge in [0.15, 0.2) is 0 Å². The summed E-state index contributed by atoms with van der Waals surface area (Å²) in [6, 6.07) is 11.4. The summed E-state index contributed by atoms with van der Waals surface area (Å²) in [5, 5.41) is 14.0. The Kier molecular flexibility index (Phi) is 4.94.